The van der Waals surface area contributed by atoms with Gasteiger partial charge in [0.15, 0.2) is 5.69 Å². The molecule has 94 valence electrons. The van der Waals surface area contributed by atoms with E-state index < -0.39 is 38.0 Å². The first-order valence-electron chi connectivity index (χ1n) is 3.84. The third-order valence-corrected chi connectivity index (χ3v) is 2.81. The van der Waals surface area contributed by atoms with Crippen molar-refractivity contribution in [2.24, 2.45) is 0 Å². The van der Waals surface area contributed by atoms with Crippen LogP contribution in [0.2, 0.25) is 0 Å². The molecule has 0 N–H and O–H groups in total. The van der Waals surface area contributed by atoms with Crippen LogP contribution in [0.1, 0.15) is 17.7 Å². The number of rotatable bonds is 2. The van der Waals surface area contributed by atoms with E-state index in [1.165, 1.54) is 0 Å². The van der Waals surface area contributed by atoms with E-state index in [9.17, 15) is 32.1 Å². The van der Waals surface area contributed by atoms with Gasteiger partial charge in [-0.3, -0.25) is 10.1 Å². The molecular weight excluding hydrogens is 366 g/mol. The van der Waals surface area contributed by atoms with Gasteiger partial charge in [0.1, 0.15) is 3.57 Å². The van der Waals surface area contributed by atoms with Crippen LogP contribution in [0.3, 0.4) is 0 Å². The second kappa shape index (κ2) is 4.66. The Morgan fingerprint density at radius 1 is 1.41 bits per heavy atom. The topological polar surface area (TPSA) is 56.0 Å². The second-order valence-electron chi connectivity index (χ2n) is 2.78. The van der Waals surface area contributed by atoms with Crippen LogP contribution in [0, 0.1) is 13.7 Å². The first-order chi connectivity index (χ1) is 7.66. The highest BCUT2D eigenvalue weighted by molar-refractivity contribution is 14.1. The highest BCUT2D eigenvalue weighted by Crippen LogP contribution is 2.39. The van der Waals surface area contributed by atoms with Crippen LogP contribution in [0.4, 0.5) is 27.6 Å². The second-order valence-corrected chi connectivity index (χ2v) is 3.85. The normalized spacial score (nSPS) is 11.9. The van der Waals surface area contributed by atoms with Crippen molar-refractivity contribution in [1.82, 2.24) is 4.98 Å². The van der Waals surface area contributed by atoms with Gasteiger partial charge in [-0.15, -0.1) is 0 Å². The van der Waals surface area contributed by atoms with Gasteiger partial charge in [0.25, 0.3) is 6.43 Å². The predicted molar refractivity (Wildman–Crippen MR) is 53.6 cm³/mol. The van der Waals surface area contributed by atoms with Crippen LogP contribution in [0.15, 0.2) is 6.20 Å². The Kier molecular flexibility index (Phi) is 3.84. The molecule has 0 aliphatic heterocycles. The molecule has 0 radical (unpaired) electrons. The summed E-state index contributed by atoms with van der Waals surface area (Å²) in [6.45, 7) is 0. The zero-order valence-corrected chi connectivity index (χ0v) is 9.79. The van der Waals surface area contributed by atoms with Crippen molar-refractivity contribution in [3.63, 3.8) is 0 Å². The van der Waals surface area contributed by atoms with Crippen LogP contribution in [-0.2, 0) is 6.18 Å². The van der Waals surface area contributed by atoms with Crippen LogP contribution in [-0.4, -0.2) is 9.91 Å². The first-order valence-corrected chi connectivity index (χ1v) is 4.92. The number of hydrogen-bond acceptors (Lipinski definition) is 3. The van der Waals surface area contributed by atoms with E-state index in [0.717, 1.165) is 22.6 Å². The van der Waals surface area contributed by atoms with Crippen LogP contribution >= 0.6 is 22.6 Å². The van der Waals surface area contributed by atoms with Crippen molar-refractivity contribution < 1.29 is 26.9 Å². The van der Waals surface area contributed by atoms with E-state index in [-0.39, 0.29) is 6.20 Å². The van der Waals surface area contributed by atoms with Crippen molar-refractivity contribution in [2.45, 2.75) is 12.6 Å². The standard InChI is InChI=1S/C7H2F5IN2O2/c8-6(9)4-5(15(16)17)3(13)2(1-14-4)7(10,11)12/h1,6H. The van der Waals surface area contributed by atoms with Gasteiger partial charge in [0.05, 0.1) is 10.5 Å². The minimum atomic E-state index is -4.88. The molecule has 1 aromatic heterocycles. The average Bonchev–Trinajstić information content (AvgIpc) is 2.13. The third-order valence-electron chi connectivity index (χ3n) is 1.71. The summed E-state index contributed by atoms with van der Waals surface area (Å²) >= 11 is 1.01. The third kappa shape index (κ3) is 2.79. The van der Waals surface area contributed by atoms with Gasteiger partial charge in [-0.05, 0) is 22.6 Å². The Labute approximate surface area is 104 Å². The highest BCUT2D eigenvalue weighted by atomic mass is 127. The van der Waals surface area contributed by atoms with Crippen LogP contribution < -0.4 is 0 Å². The molecule has 4 nitrogen and oxygen atoms in total. The van der Waals surface area contributed by atoms with Crippen molar-refractivity contribution in [1.29, 1.82) is 0 Å². The van der Waals surface area contributed by atoms with Crippen molar-refractivity contribution in [2.75, 3.05) is 0 Å². The predicted octanol–water partition coefficient (Wildman–Crippen LogP) is 3.55. The summed E-state index contributed by atoms with van der Waals surface area (Å²) < 4.78 is 60.9. The van der Waals surface area contributed by atoms with Gasteiger partial charge in [-0.2, -0.15) is 13.2 Å². The maximum absolute atomic E-state index is 12.4. The van der Waals surface area contributed by atoms with Crippen molar-refractivity contribution in [3.05, 3.63) is 31.1 Å². The van der Waals surface area contributed by atoms with E-state index in [1.54, 1.807) is 0 Å². The number of pyridine rings is 1. The van der Waals surface area contributed by atoms with Crippen LogP contribution in [0.5, 0.6) is 0 Å². The van der Waals surface area contributed by atoms with Gasteiger partial charge in [-0.1, -0.05) is 0 Å². The number of nitrogens with zero attached hydrogens (tertiary/aromatic N) is 2. The van der Waals surface area contributed by atoms with E-state index in [4.69, 9.17) is 0 Å². The molecule has 1 heterocycles. The van der Waals surface area contributed by atoms with Gasteiger partial charge in [0.2, 0.25) is 0 Å². The number of aromatic nitrogens is 1. The lowest BCUT2D eigenvalue weighted by Gasteiger charge is -2.10. The summed E-state index contributed by atoms with van der Waals surface area (Å²) in [7, 11) is 0. The molecule has 10 heteroatoms. The smallest absolute Gasteiger partial charge is 0.258 e. The molecule has 17 heavy (non-hydrogen) atoms. The zero-order valence-electron chi connectivity index (χ0n) is 7.63. The van der Waals surface area contributed by atoms with Gasteiger partial charge < -0.3 is 0 Å². The van der Waals surface area contributed by atoms with E-state index >= 15 is 0 Å². The van der Waals surface area contributed by atoms with E-state index in [1.807, 2.05) is 0 Å². The average molecular weight is 368 g/mol. The maximum atomic E-state index is 12.4. The number of halogens is 6. The fourth-order valence-electron chi connectivity index (χ4n) is 1.02. The first kappa shape index (κ1) is 14.0. The molecule has 1 aromatic rings. The fourth-order valence-corrected chi connectivity index (χ4v) is 1.94. The zero-order chi connectivity index (χ0) is 13.4. The molecular formula is C7H2F5IN2O2. The molecule has 0 amide bonds. The lowest BCUT2D eigenvalue weighted by molar-refractivity contribution is -0.387. The summed E-state index contributed by atoms with van der Waals surface area (Å²) in [5.41, 5.74) is -3.99. The molecule has 0 aromatic carbocycles. The van der Waals surface area contributed by atoms with E-state index in [2.05, 4.69) is 4.98 Å². The molecule has 0 spiro atoms. The molecule has 0 unspecified atom stereocenters. The number of nitro groups is 1. The lowest BCUT2D eigenvalue weighted by Crippen LogP contribution is -2.12. The Bertz CT molecular complexity index is 462. The number of hydrogen-bond donors (Lipinski definition) is 0. The maximum Gasteiger partial charge on any atom is 0.419 e. The summed E-state index contributed by atoms with van der Waals surface area (Å²) in [5.74, 6) is 0. The monoisotopic (exact) mass is 368 g/mol. The highest BCUT2D eigenvalue weighted by Gasteiger charge is 2.39. The number of alkyl halides is 5. The molecule has 1 rings (SSSR count). The molecule has 0 saturated carbocycles. The molecule has 0 bridgehead atoms. The quantitative estimate of drug-likeness (QED) is 0.347. The SMILES string of the molecule is O=[N+]([O-])c1c(C(F)F)ncc(C(F)(F)F)c1I. The summed E-state index contributed by atoms with van der Waals surface area (Å²) in [6.07, 6.45) is -8.03. The Balaban J connectivity index is 3.56. The minimum absolute atomic E-state index is 0.163. The summed E-state index contributed by atoms with van der Waals surface area (Å²) in [6, 6.07) is 0. The summed E-state index contributed by atoms with van der Waals surface area (Å²) in [5, 5.41) is 10.5. The Hall–Kier alpha value is -1.07. The van der Waals surface area contributed by atoms with Crippen molar-refractivity contribution in [3.8, 4) is 0 Å². The molecule has 0 saturated heterocycles. The molecule has 0 atom stereocenters. The Morgan fingerprint density at radius 2 is 1.94 bits per heavy atom. The fraction of sp³-hybridized carbons (Fsp3) is 0.286. The molecule has 0 aliphatic carbocycles. The van der Waals surface area contributed by atoms with Crippen molar-refractivity contribution >= 4 is 28.3 Å². The van der Waals surface area contributed by atoms with Gasteiger partial charge in [-0.25, -0.2) is 13.8 Å². The molecule has 0 fully saturated rings. The Morgan fingerprint density at radius 3 is 2.29 bits per heavy atom. The minimum Gasteiger partial charge on any atom is -0.258 e. The summed E-state index contributed by atoms with van der Waals surface area (Å²) in [4.78, 5) is 12.0. The van der Waals surface area contributed by atoms with E-state index in [0.29, 0.717) is 0 Å². The van der Waals surface area contributed by atoms with Crippen LogP contribution in [0.25, 0.3) is 0 Å². The molecule has 0 aliphatic rings. The van der Waals surface area contributed by atoms with Gasteiger partial charge in [0, 0.05) is 6.20 Å². The van der Waals surface area contributed by atoms with Gasteiger partial charge >= 0.3 is 11.9 Å². The lowest BCUT2D eigenvalue weighted by atomic mass is 10.2. The largest absolute Gasteiger partial charge is 0.419 e.